The lowest BCUT2D eigenvalue weighted by molar-refractivity contribution is 0.0697. The van der Waals surface area contributed by atoms with Crippen molar-refractivity contribution >= 4 is 27.4 Å². The molecular weight excluding hydrogens is 256 g/mol. The smallest absolute Gasteiger partial charge is 0.340 e. The Kier molecular flexibility index (Phi) is 3.59. The second-order valence-electron chi connectivity index (χ2n) is 3.17. The third-order valence-corrected chi connectivity index (χ3v) is 4.55. The van der Waals surface area contributed by atoms with Crippen LogP contribution in [0.2, 0.25) is 5.15 Å². The largest absolute Gasteiger partial charge is 0.478 e. The van der Waals surface area contributed by atoms with Gasteiger partial charge in [0.2, 0.25) is 0 Å². The normalized spacial score (nSPS) is 13.7. The van der Waals surface area contributed by atoms with Crippen LogP contribution in [0.4, 0.5) is 0 Å². The molecule has 6 nitrogen and oxygen atoms in total. The first-order chi connectivity index (χ1) is 7.29. The molecule has 0 saturated heterocycles. The number of carbonyl (C=O) groups is 1. The van der Waals surface area contributed by atoms with Crippen LogP contribution in [-0.2, 0) is 9.84 Å². The van der Waals surface area contributed by atoms with Crippen molar-refractivity contribution in [3.63, 3.8) is 0 Å². The molecule has 1 atom stereocenters. The number of rotatable bonds is 4. The van der Waals surface area contributed by atoms with E-state index in [1.54, 1.807) is 0 Å². The van der Waals surface area contributed by atoms with Gasteiger partial charge in [-0.05, 0) is 6.92 Å². The number of nitrogens with zero attached hydrogens (tertiary/aromatic N) is 2. The Morgan fingerprint density at radius 1 is 1.69 bits per heavy atom. The molecule has 0 fully saturated rings. The highest BCUT2D eigenvalue weighted by atomic mass is 35.5. The summed E-state index contributed by atoms with van der Waals surface area (Å²) in [6.45, 7) is 2.93. The quantitative estimate of drug-likeness (QED) is 0.884. The fourth-order valence-electron chi connectivity index (χ4n) is 1.11. The monoisotopic (exact) mass is 266 g/mol. The van der Waals surface area contributed by atoms with Crippen LogP contribution in [-0.4, -0.2) is 35.0 Å². The fourth-order valence-corrected chi connectivity index (χ4v) is 2.24. The van der Waals surface area contributed by atoms with Crippen molar-refractivity contribution in [3.05, 3.63) is 16.9 Å². The van der Waals surface area contributed by atoms with Gasteiger partial charge >= 0.3 is 5.97 Å². The molecule has 0 spiro atoms. The number of carboxylic acid groups (broad SMARTS) is 1. The van der Waals surface area contributed by atoms with E-state index in [9.17, 15) is 13.2 Å². The highest BCUT2D eigenvalue weighted by Crippen LogP contribution is 2.20. The Morgan fingerprint density at radius 2 is 2.25 bits per heavy atom. The number of halogens is 1. The van der Waals surface area contributed by atoms with Crippen LogP contribution in [0.15, 0.2) is 6.20 Å². The lowest BCUT2D eigenvalue weighted by Crippen LogP contribution is -2.19. The average Bonchev–Trinajstić information content (AvgIpc) is 2.59. The van der Waals surface area contributed by atoms with Crippen molar-refractivity contribution in [2.45, 2.75) is 19.2 Å². The van der Waals surface area contributed by atoms with Crippen LogP contribution in [0.5, 0.6) is 0 Å². The molecule has 16 heavy (non-hydrogen) atoms. The minimum atomic E-state index is -3.33. The van der Waals surface area contributed by atoms with E-state index >= 15 is 0 Å². The standard InChI is InChI=1S/C8H11ClN2O4S/c1-3-16(14,15)5(2)11-4-6(8(12)13)7(9)10-11/h4-5H,3H2,1-2H3,(H,12,13). The van der Waals surface area contributed by atoms with Gasteiger partial charge in [0.15, 0.2) is 20.4 Å². The van der Waals surface area contributed by atoms with Gasteiger partial charge in [-0.1, -0.05) is 18.5 Å². The van der Waals surface area contributed by atoms with Crippen LogP contribution < -0.4 is 0 Å². The van der Waals surface area contributed by atoms with Gasteiger partial charge in [0, 0.05) is 11.9 Å². The van der Waals surface area contributed by atoms with Gasteiger partial charge in [0.25, 0.3) is 0 Å². The molecule has 1 aromatic rings. The van der Waals surface area contributed by atoms with Crippen molar-refractivity contribution < 1.29 is 18.3 Å². The molecule has 1 aromatic heterocycles. The summed E-state index contributed by atoms with van der Waals surface area (Å²) in [4.78, 5) is 10.7. The van der Waals surface area contributed by atoms with Crippen molar-refractivity contribution in [2.24, 2.45) is 0 Å². The van der Waals surface area contributed by atoms with Gasteiger partial charge in [-0.25, -0.2) is 13.2 Å². The topological polar surface area (TPSA) is 89.3 Å². The van der Waals surface area contributed by atoms with Gasteiger partial charge in [-0.15, -0.1) is 0 Å². The summed E-state index contributed by atoms with van der Waals surface area (Å²) < 4.78 is 24.1. The maximum Gasteiger partial charge on any atom is 0.340 e. The molecule has 0 amide bonds. The predicted molar refractivity (Wildman–Crippen MR) is 58.4 cm³/mol. The van der Waals surface area contributed by atoms with Crippen LogP contribution >= 0.6 is 11.6 Å². The maximum absolute atomic E-state index is 11.5. The minimum Gasteiger partial charge on any atom is -0.478 e. The lowest BCUT2D eigenvalue weighted by atomic mass is 10.4. The Morgan fingerprint density at radius 3 is 2.62 bits per heavy atom. The first kappa shape index (κ1) is 13.0. The van der Waals surface area contributed by atoms with E-state index in [2.05, 4.69) is 5.10 Å². The van der Waals surface area contributed by atoms with Crippen LogP contribution in [0.25, 0.3) is 0 Å². The first-order valence-corrected chi connectivity index (χ1v) is 6.58. The first-order valence-electron chi connectivity index (χ1n) is 4.49. The third kappa shape index (κ3) is 2.35. The van der Waals surface area contributed by atoms with E-state index < -0.39 is 21.2 Å². The van der Waals surface area contributed by atoms with E-state index in [0.717, 1.165) is 10.9 Å². The molecule has 0 aliphatic heterocycles. The van der Waals surface area contributed by atoms with Crippen LogP contribution in [0, 0.1) is 0 Å². The second kappa shape index (κ2) is 4.42. The highest BCUT2D eigenvalue weighted by molar-refractivity contribution is 7.91. The van der Waals surface area contributed by atoms with Crippen LogP contribution in [0.3, 0.4) is 0 Å². The molecule has 90 valence electrons. The Labute approximate surface area is 97.7 Å². The molecule has 0 radical (unpaired) electrons. The second-order valence-corrected chi connectivity index (χ2v) is 6.11. The zero-order chi connectivity index (χ0) is 12.5. The van der Waals surface area contributed by atoms with Gasteiger partial charge in [0.05, 0.1) is 0 Å². The van der Waals surface area contributed by atoms with E-state index in [1.807, 2.05) is 0 Å². The average molecular weight is 267 g/mol. The lowest BCUT2D eigenvalue weighted by Gasteiger charge is -2.11. The summed E-state index contributed by atoms with van der Waals surface area (Å²) >= 11 is 5.57. The number of carboxylic acids is 1. The van der Waals surface area contributed by atoms with Crippen molar-refractivity contribution in [1.82, 2.24) is 9.78 Å². The molecule has 0 aromatic carbocycles. The van der Waals surface area contributed by atoms with Gasteiger partial charge in [-0.2, -0.15) is 5.10 Å². The molecule has 1 unspecified atom stereocenters. The third-order valence-electron chi connectivity index (χ3n) is 2.21. The summed E-state index contributed by atoms with van der Waals surface area (Å²) in [7, 11) is -3.33. The van der Waals surface area contributed by atoms with Crippen molar-refractivity contribution in [2.75, 3.05) is 5.75 Å². The summed E-state index contributed by atoms with van der Waals surface area (Å²) in [6.07, 6.45) is 1.11. The Bertz CT molecular complexity index is 508. The number of hydrogen-bond acceptors (Lipinski definition) is 4. The summed E-state index contributed by atoms with van der Waals surface area (Å²) in [6, 6.07) is 0. The van der Waals surface area contributed by atoms with E-state index in [0.29, 0.717) is 0 Å². The molecule has 0 saturated carbocycles. The molecule has 8 heteroatoms. The predicted octanol–water partition coefficient (Wildman–Crippen LogP) is 1.19. The van der Waals surface area contributed by atoms with E-state index in [-0.39, 0.29) is 16.5 Å². The summed E-state index contributed by atoms with van der Waals surface area (Å²) in [5.74, 6) is -1.29. The van der Waals surface area contributed by atoms with Crippen LogP contribution in [0.1, 0.15) is 29.6 Å². The molecular formula is C8H11ClN2O4S. The van der Waals surface area contributed by atoms with Gasteiger partial charge < -0.3 is 5.11 Å². The molecule has 1 N–H and O–H groups in total. The minimum absolute atomic E-state index is 0.0476. The number of sulfone groups is 1. The highest BCUT2D eigenvalue weighted by Gasteiger charge is 2.24. The zero-order valence-electron chi connectivity index (χ0n) is 8.71. The number of aromatic carboxylic acids is 1. The van der Waals surface area contributed by atoms with Gasteiger partial charge in [0.1, 0.15) is 5.56 Å². The van der Waals surface area contributed by atoms with Gasteiger partial charge in [-0.3, -0.25) is 4.68 Å². The van der Waals surface area contributed by atoms with E-state index in [4.69, 9.17) is 16.7 Å². The fraction of sp³-hybridized carbons (Fsp3) is 0.500. The molecule has 1 rings (SSSR count). The Hall–Kier alpha value is -1.08. The molecule has 1 heterocycles. The number of aromatic nitrogens is 2. The molecule has 0 bridgehead atoms. The summed E-state index contributed by atoms with van der Waals surface area (Å²) in [5.41, 5.74) is -0.209. The number of hydrogen-bond donors (Lipinski definition) is 1. The zero-order valence-corrected chi connectivity index (χ0v) is 10.3. The summed E-state index contributed by atoms with van der Waals surface area (Å²) in [5, 5.41) is 11.3. The molecule has 0 aliphatic carbocycles. The maximum atomic E-state index is 11.5. The van der Waals surface area contributed by atoms with Crippen molar-refractivity contribution in [3.8, 4) is 0 Å². The Balaban J connectivity index is 3.17. The SMILES string of the molecule is CCS(=O)(=O)C(C)n1cc(C(=O)O)c(Cl)n1. The van der Waals surface area contributed by atoms with E-state index in [1.165, 1.54) is 13.8 Å². The van der Waals surface area contributed by atoms with Crippen molar-refractivity contribution in [1.29, 1.82) is 0 Å². The molecule has 0 aliphatic rings.